The molecule has 0 radical (unpaired) electrons. The molecule has 0 saturated heterocycles. The van der Waals surface area contributed by atoms with Gasteiger partial charge >= 0.3 is 0 Å². The molecule has 27 heavy (non-hydrogen) atoms. The van der Waals surface area contributed by atoms with Crippen LogP contribution in [0.1, 0.15) is 24.9 Å². The molecule has 4 nitrogen and oxygen atoms in total. The van der Waals surface area contributed by atoms with Crippen LogP contribution in [0, 0.1) is 0 Å². The van der Waals surface area contributed by atoms with E-state index in [-0.39, 0.29) is 18.6 Å². The van der Waals surface area contributed by atoms with Crippen molar-refractivity contribution in [1.82, 2.24) is 5.32 Å². The zero-order valence-electron chi connectivity index (χ0n) is 15.4. The van der Waals surface area contributed by atoms with Crippen LogP contribution in [0.25, 0.3) is 10.8 Å². The topological polar surface area (TPSA) is 47.6 Å². The fourth-order valence-electron chi connectivity index (χ4n) is 2.96. The summed E-state index contributed by atoms with van der Waals surface area (Å²) in [5, 5.41) is 5.20. The number of methoxy groups -OCH3 is 1. The molecular formula is C22H22BrNO3. The Morgan fingerprint density at radius 1 is 1.07 bits per heavy atom. The maximum absolute atomic E-state index is 12.4. The first-order chi connectivity index (χ1) is 13.1. The maximum Gasteiger partial charge on any atom is 0.258 e. The first-order valence-electron chi connectivity index (χ1n) is 8.85. The predicted octanol–water partition coefficient (Wildman–Crippen LogP) is 5.26. The van der Waals surface area contributed by atoms with E-state index in [1.807, 2.05) is 67.6 Å². The van der Waals surface area contributed by atoms with E-state index in [9.17, 15) is 4.79 Å². The molecule has 3 aromatic carbocycles. The minimum atomic E-state index is -0.155. The van der Waals surface area contributed by atoms with Crippen molar-refractivity contribution in [2.45, 2.75) is 19.4 Å². The first-order valence-corrected chi connectivity index (χ1v) is 9.65. The van der Waals surface area contributed by atoms with Crippen molar-refractivity contribution in [3.8, 4) is 11.5 Å². The fraction of sp³-hybridized carbons (Fsp3) is 0.227. The Labute approximate surface area is 167 Å². The summed E-state index contributed by atoms with van der Waals surface area (Å²) in [7, 11) is 1.64. The summed E-state index contributed by atoms with van der Waals surface area (Å²) in [6.07, 6.45) is 0.789. The molecule has 0 saturated carbocycles. The quantitative estimate of drug-likeness (QED) is 0.559. The van der Waals surface area contributed by atoms with Crippen LogP contribution in [-0.4, -0.2) is 19.6 Å². The molecule has 0 heterocycles. The second-order valence-electron chi connectivity index (χ2n) is 6.19. The largest absolute Gasteiger partial charge is 0.497 e. The van der Waals surface area contributed by atoms with E-state index in [2.05, 4.69) is 21.2 Å². The lowest BCUT2D eigenvalue weighted by molar-refractivity contribution is -0.123. The van der Waals surface area contributed by atoms with Gasteiger partial charge in [0.05, 0.1) is 17.6 Å². The van der Waals surface area contributed by atoms with Gasteiger partial charge in [-0.1, -0.05) is 49.4 Å². The third kappa shape index (κ3) is 4.61. The summed E-state index contributed by atoms with van der Waals surface area (Å²) in [4.78, 5) is 12.4. The van der Waals surface area contributed by atoms with Gasteiger partial charge in [0.25, 0.3) is 5.91 Å². The molecule has 0 aliphatic carbocycles. The Kier molecular flexibility index (Phi) is 6.35. The van der Waals surface area contributed by atoms with Gasteiger partial charge in [-0.15, -0.1) is 0 Å². The summed E-state index contributed by atoms with van der Waals surface area (Å²) >= 11 is 3.58. The summed E-state index contributed by atoms with van der Waals surface area (Å²) in [5.41, 5.74) is 1.04. The minimum Gasteiger partial charge on any atom is -0.497 e. The second-order valence-corrected chi connectivity index (χ2v) is 6.98. The summed E-state index contributed by atoms with van der Waals surface area (Å²) < 4.78 is 11.8. The van der Waals surface area contributed by atoms with Crippen LogP contribution in [0.3, 0.4) is 0 Å². The van der Waals surface area contributed by atoms with E-state index >= 15 is 0 Å². The first kappa shape index (κ1) is 19.2. The van der Waals surface area contributed by atoms with Crippen LogP contribution in [0.4, 0.5) is 0 Å². The monoisotopic (exact) mass is 427 g/mol. The second kappa shape index (κ2) is 8.91. The zero-order chi connectivity index (χ0) is 19.2. The molecule has 1 atom stereocenters. The Morgan fingerprint density at radius 3 is 2.52 bits per heavy atom. The zero-order valence-corrected chi connectivity index (χ0v) is 17.0. The molecule has 1 amide bonds. The van der Waals surface area contributed by atoms with Crippen molar-refractivity contribution in [2.75, 3.05) is 13.7 Å². The Hall–Kier alpha value is -2.53. The average Bonchev–Trinajstić information content (AvgIpc) is 2.72. The number of carbonyl (C=O) groups excluding carboxylic acids is 1. The van der Waals surface area contributed by atoms with Crippen LogP contribution in [0.5, 0.6) is 11.5 Å². The van der Waals surface area contributed by atoms with Gasteiger partial charge in [-0.05, 0) is 56.9 Å². The number of ether oxygens (including phenoxy) is 2. The Morgan fingerprint density at radius 2 is 1.81 bits per heavy atom. The number of hydrogen-bond acceptors (Lipinski definition) is 3. The van der Waals surface area contributed by atoms with Crippen molar-refractivity contribution in [2.24, 2.45) is 0 Å². The molecule has 3 aromatic rings. The van der Waals surface area contributed by atoms with Crippen molar-refractivity contribution >= 4 is 32.6 Å². The third-order valence-electron chi connectivity index (χ3n) is 4.45. The number of rotatable bonds is 7. The number of benzene rings is 3. The smallest absolute Gasteiger partial charge is 0.258 e. The van der Waals surface area contributed by atoms with Gasteiger partial charge in [-0.25, -0.2) is 0 Å². The van der Waals surface area contributed by atoms with Gasteiger partial charge in [-0.2, -0.15) is 0 Å². The molecule has 0 spiro atoms. The van der Waals surface area contributed by atoms with Gasteiger partial charge in [0.2, 0.25) is 0 Å². The van der Waals surface area contributed by atoms with Crippen molar-refractivity contribution in [1.29, 1.82) is 0 Å². The van der Waals surface area contributed by atoms with E-state index in [0.717, 1.165) is 33.0 Å². The van der Waals surface area contributed by atoms with Gasteiger partial charge in [0, 0.05) is 0 Å². The van der Waals surface area contributed by atoms with Gasteiger partial charge in [0.15, 0.2) is 6.61 Å². The van der Waals surface area contributed by atoms with Crippen LogP contribution in [0.15, 0.2) is 65.1 Å². The lowest BCUT2D eigenvalue weighted by atomic mass is 10.0. The van der Waals surface area contributed by atoms with E-state index in [1.165, 1.54) is 0 Å². The molecule has 3 rings (SSSR count). The molecule has 0 aliphatic heterocycles. The average molecular weight is 428 g/mol. The summed E-state index contributed by atoms with van der Waals surface area (Å²) in [5.74, 6) is 1.29. The molecule has 0 aliphatic rings. The normalized spacial score (nSPS) is 11.8. The molecule has 140 valence electrons. The number of halogens is 1. The van der Waals surface area contributed by atoms with Gasteiger partial charge in [0.1, 0.15) is 11.5 Å². The molecule has 0 fully saturated rings. The summed E-state index contributed by atoms with van der Waals surface area (Å²) in [6.45, 7) is 2.00. The third-order valence-corrected chi connectivity index (χ3v) is 5.27. The van der Waals surface area contributed by atoms with Crippen LogP contribution < -0.4 is 14.8 Å². The van der Waals surface area contributed by atoms with E-state index < -0.39 is 0 Å². The summed E-state index contributed by atoms with van der Waals surface area (Å²) in [6, 6.07) is 19.5. The number of carbonyl (C=O) groups is 1. The van der Waals surface area contributed by atoms with Crippen LogP contribution >= 0.6 is 15.9 Å². The number of nitrogens with one attached hydrogen (secondary N) is 1. The molecule has 5 heteroatoms. The van der Waals surface area contributed by atoms with E-state index in [4.69, 9.17) is 9.47 Å². The standard InChI is InChI=1S/C22H22BrNO3/c1-3-19(16-8-11-17(26-2)12-9-16)24-21(25)14-27-20-13-10-15-6-4-5-7-18(15)22(20)23/h4-13,19H,3,14H2,1-2H3,(H,24,25)/t19-/m1/s1. The van der Waals surface area contributed by atoms with Gasteiger partial charge < -0.3 is 14.8 Å². The van der Waals surface area contributed by atoms with Crippen LogP contribution in [-0.2, 0) is 4.79 Å². The molecule has 0 unspecified atom stereocenters. The minimum absolute atomic E-state index is 0.0381. The highest BCUT2D eigenvalue weighted by molar-refractivity contribution is 9.10. The van der Waals surface area contributed by atoms with E-state index in [0.29, 0.717) is 5.75 Å². The Balaban J connectivity index is 1.64. The Bertz CT molecular complexity index is 924. The number of hydrogen-bond donors (Lipinski definition) is 1. The maximum atomic E-state index is 12.4. The molecular weight excluding hydrogens is 406 g/mol. The highest BCUT2D eigenvalue weighted by atomic mass is 79.9. The molecule has 0 aromatic heterocycles. The number of amides is 1. The lowest BCUT2D eigenvalue weighted by Gasteiger charge is -2.18. The van der Waals surface area contributed by atoms with Crippen molar-refractivity contribution < 1.29 is 14.3 Å². The van der Waals surface area contributed by atoms with Crippen LogP contribution in [0.2, 0.25) is 0 Å². The molecule has 1 N–H and O–H groups in total. The van der Waals surface area contributed by atoms with Crippen molar-refractivity contribution in [3.05, 3.63) is 70.7 Å². The molecule has 0 bridgehead atoms. The predicted molar refractivity (Wildman–Crippen MR) is 111 cm³/mol. The van der Waals surface area contributed by atoms with Gasteiger partial charge in [-0.3, -0.25) is 4.79 Å². The lowest BCUT2D eigenvalue weighted by Crippen LogP contribution is -2.32. The highest BCUT2D eigenvalue weighted by Crippen LogP contribution is 2.33. The number of fused-ring (bicyclic) bond motifs is 1. The highest BCUT2D eigenvalue weighted by Gasteiger charge is 2.14. The fourth-order valence-corrected chi connectivity index (χ4v) is 3.57. The van der Waals surface area contributed by atoms with Crippen molar-refractivity contribution in [3.63, 3.8) is 0 Å². The van der Waals surface area contributed by atoms with E-state index in [1.54, 1.807) is 7.11 Å². The SMILES string of the molecule is CC[C@@H](NC(=O)COc1ccc2ccccc2c1Br)c1ccc(OC)cc1.